The molecule has 106 valence electrons. The lowest BCUT2D eigenvalue weighted by Crippen LogP contribution is -2.15. The molecule has 0 radical (unpaired) electrons. The topological polar surface area (TPSA) is 72.2 Å². The van der Waals surface area contributed by atoms with Crippen LogP contribution in [0.25, 0.3) is 0 Å². The molecule has 6 heteroatoms. The zero-order valence-electron chi connectivity index (χ0n) is 10.9. The number of sulfonamides is 1. The SMILES string of the molecule is Cc1c(CN)cccc1S(=O)(=O)Nc1ccc(F)cc1. The predicted molar refractivity (Wildman–Crippen MR) is 76.3 cm³/mol. The van der Waals surface area contributed by atoms with E-state index >= 15 is 0 Å². The number of anilines is 1. The lowest BCUT2D eigenvalue weighted by molar-refractivity contribution is 0.600. The average Bonchev–Trinajstić information content (AvgIpc) is 2.41. The highest BCUT2D eigenvalue weighted by molar-refractivity contribution is 7.92. The molecule has 0 unspecified atom stereocenters. The fourth-order valence-electron chi connectivity index (χ4n) is 1.90. The summed E-state index contributed by atoms with van der Waals surface area (Å²) in [5.41, 5.74) is 7.27. The molecule has 0 aliphatic carbocycles. The van der Waals surface area contributed by atoms with Gasteiger partial charge in [-0.15, -0.1) is 0 Å². The van der Waals surface area contributed by atoms with E-state index in [0.29, 0.717) is 11.3 Å². The Hall–Kier alpha value is -1.92. The van der Waals surface area contributed by atoms with Crippen LogP contribution in [0.1, 0.15) is 11.1 Å². The van der Waals surface area contributed by atoms with Gasteiger partial charge in [0.25, 0.3) is 10.0 Å². The maximum atomic E-state index is 12.8. The summed E-state index contributed by atoms with van der Waals surface area (Å²) >= 11 is 0. The van der Waals surface area contributed by atoms with Gasteiger partial charge in [0.05, 0.1) is 4.90 Å². The second kappa shape index (κ2) is 5.60. The van der Waals surface area contributed by atoms with Crippen LogP contribution in [0.15, 0.2) is 47.4 Å². The molecule has 20 heavy (non-hydrogen) atoms. The highest BCUT2D eigenvalue weighted by Crippen LogP contribution is 2.21. The Morgan fingerprint density at radius 1 is 1.15 bits per heavy atom. The van der Waals surface area contributed by atoms with Gasteiger partial charge < -0.3 is 5.73 Å². The molecule has 0 spiro atoms. The molecule has 0 heterocycles. The van der Waals surface area contributed by atoms with E-state index in [1.54, 1.807) is 19.1 Å². The van der Waals surface area contributed by atoms with E-state index in [2.05, 4.69) is 4.72 Å². The van der Waals surface area contributed by atoms with Gasteiger partial charge in [0.1, 0.15) is 5.82 Å². The summed E-state index contributed by atoms with van der Waals surface area (Å²) in [6, 6.07) is 10.1. The Bertz CT molecular complexity index is 712. The lowest BCUT2D eigenvalue weighted by Gasteiger charge is -2.12. The van der Waals surface area contributed by atoms with Crippen molar-refractivity contribution in [3.8, 4) is 0 Å². The van der Waals surface area contributed by atoms with E-state index in [-0.39, 0.29) is 11.4 Å². The fraction of sp³-hybridized carbons (Fsp3) is 0.143. The fourth-order valence-corrected chi connectivity index (χ4v) is 3.25. The van der Waals surface area contributed by atoms with Crippen LogP contribution in [0.3, 0.4) is 0 Å². The van der Waals surface area contributed by atoms with E-state index in [9.17, 15) is 12.8 Å². The van der Waals surface area contributed by atoms with E-state index in [4.69, 9.17) is 5.73 Å². The first-order valence-electron chi connectivity index (χ1n) is 6.01. The molecule has 0 amide bonds. The van der Waals surface area contributed by atoms with Crippen LogP contribution >= 0.6 is 0 Å². The van der Waals surface area contributed by atoms with Gasteiger partial charge in [0, 0.05) is 12.2 Å². The standard InChI is InChI=1S/C14H15FN2O2S/c1-10-11(9-16)3-2-4-14(10)20(18,19)17-13-7-5-12(15)6-8-13/h2-8,17H,9,16H2,1H3. The van der Waals surface area contributed by atoms with Crippen molar-refractivity contribution in [2.75, 3.05) is 4.72 Å². The molecule has 4 nitrogen and oxygen atoms in total. The molecule has 0 bridgehead atoms. The van der Waals surface area contributed by atoms with Gasteiger partial charge in [-0.25, -0.2) is 12.8 Å². The molecular weight excluding hydrogens is 279 g/mol. The summed E-state index contributed by atoms with van der Waals surface area (Å²) in [5.74, 6) is -0.422. The normalized spacial score (nSPS) is 11.3. The minimum atomic E-state index is -3.72. The first-order chi connectivity index (χ1) is 9.44. The molecule has 0 aromatic heterocycles. The van der Waals surface area contributed by atoms with Gasteiger partial charge in [-0.1, -0.05) is 12.1 Å². The molecule has 3 N–H and O–H groups in total. The van der Waals surface area contributed by atoms with Gasteiger partial charge in [-0.05, 0) is 48.4 Å². The lowest BCUT2D eigenvalue weighted by atomic mass is 10.1. The maximum absolute atomic E-state index is 12.8. The highest BCUT2D eigenvalue weighted by atomic mass is 32.2. The molecule has 0 atom stereocenters. The molecule has 0 saturated carbocycles. The van der Waals surface area contributed by atoms with Gasteiger partial charge in [0.15, 0.2) is 0 Å². The Morgan fingerprint density at radius 3 is 2.40 bits per heavy atom. The van der Waals surface area contributed by atoms with E-state index in [0.717, 1.165) is 5.56 Å². The predicted octanol–water partition coefficient (Wildman–Crippen LogP) is 2.39. The first-order valence-corrected chi connectivity index (χ1v) is 7.49. The van der Waals surface area contributed by atoms with E-state index < -0.39 is 15.8 Å². The number of rotatable bonds is 4. The number of halogens is 1. The van der Waals surface area contributed by atoms with Crippen LogP contribution in [-0.4, -0.2) is 8.42 Å². The highest BCUT2D eigenvalue weighted by Gasteiger charge is 2.18. The zero-order valence-corrected chi connectivity index (χ0v) is 11.7. The Labute approximate surface area is 117 Å². The second-order valence-electron chi connectivity index (χ2n) is 4.36. The average molecular weight is 294 g/mol. The minimum Gasteiger partial charge on any atom is -0.326 e. The van der Waals surface area contributed by atoms with Crippen LogP contribution in [0.4, 0.5) is 10.1 Å². The summed E-state index contributed by atoms with van der Waals surface area (Å²) in [5, 5.41) is 0. The van der Waals surface area contributed by atoms with Crippen LogP contribution < -0.4 is 10.5 Å². The third-order valence-electron chi connectivity index (χ3n) is 3.00. The van der Waals surface area contributed by atoms with Gasteiger partial charge in [-0.2, -0.15) is 0 Å². The van der Waals surface area contributed by atoms with Crippen molar-refractivity contribution in [1.82, 2.24) is 0 Å². The summed E-state index contributed by atoms with van der Waals surface area (Å²) < 4.78 is 39.9. The summed E-state index contributed by atoms with van der Waals surface area (Å²) in [4.78, 5) is 0.171. The molecular formula is C14H15FN2O2S. The van der Waals surface area contributed by atoms with Crippen molar-refractivity contribution >= 4 is 15.7 Å². The van der Waals surface area contributed by atoms with Gasteiger partial charge >= 0.3 is 0 Å². The van der Waals surface area contributed by atoms with E-state index in [1.807, 2.05) is 0 Å². The number of benzene rings is 2. The summed E-state index contributed by atoms with van der Waals surface area (Å²) in [7, 11) is -3.72. The smallest absolute Gasteiger partial charge is 0.262 e. The second-order valence-corrected chi connectivity index (χ2v) is 6.01. The Morgan fingerprint density at radius 2 is 1.80 bits per heavy atom. The van der Waals surface area contributed by atoms with E-state index in [1.165, 1.54) is 30.3 Å². The van der Waals surface area contributed by atoms with Crippen molar-refractivity contribution in [1.29, 1.82) is 0 Å². The molecule has 0 fully saturated rings. The number of nitrogens with two attached hydrogens (primary N) is 1. The molecule has 0 saturated heterocycles. The molecule has 0 aliphatic heterocycles. The van der Waals surface area contributed by atoms with Crippen molar-refractivity contribution in [2.45, 2.75) is 18.4 Å². The monoisotopic (exact) mass is 294 g/mol. The first kappa shape index (κ1) is 14.5. The zero-order chi connectivity index (χ0) is 14.8. The largest absolute Gasteiger partial charge is 0.326 e. The molecule has 2 aromatic carbocycles. The third-order valence-corrected chi connectivity index (χ3v) is 4.53. The van der Waals surface area contributed by atoms with Crippen LogP contribution in [0.5, 0.6) is 0 Å². The Kier molecular flexibility index (Phi) is 4.06. The number of hydrogen-bond acceptors (Lipinski definition) is 3. The molecule has 2 aromatic rings. The van der Waals surface area contributed by atoms with Crippen LogP contribution in [0, 0.1) is 12.7 Å². The third kappa shape index (κ3) is 2.97. The van der Waals surface area contributed by atoms with Crippen molar-refractivity contribution in [2.24, 2.45) is 5.73 Å². The number of nitrogens with one attached hydrogen (secondary N) is 1. The van der Waals surface area contributed by atoms with Crippen molar-refractivity contribution in [3.05, 3.63) is 59.4 Å². The van der Waals surface area contributed by atoms with Crippen molar-refractivity contribution < 1.29 is 12.8 Å². The van der Waals surface area contributed by atoms with Crippen LogP contribution in [-0.2, 0) is 16.6 Å². The summed E-state index contributed by atoms with van der Waals surface area (Å²) in [6.45, 7) is 1.98. The van der Waals surface area contributed by atoms with Gasteiger partial charge in [-0.3, -0.25) is 4.72 Å². The minimum absolute atomic E-state index is 0.171. The number of hydrogen-bond donors (Lipinski definition) is 2. The quantitative estimate of drug-likeness (QED) is 0.909. The van der Waals surface area contributed by atoms with Crippen LogP contribution in [0.2, 0.25) is 0 Å². The van der Waals surface area contributed by atoms with Crippen molar-refractivity contribution in [3.63, 3.8) is 0 Å². The maximum Gasteiger partial charge on any atom is 0.262 e. The molecule has 2 rings (SSSR count). The molecule has 0 aliphatic rings. The Balaban J connectivity index is 2.38. The van der Waals surface area contributed by atoms with Gasteiger partial charge in [0.2, 0.25) is 0 Å². The summed E-state index contributed by atoms with van der Waals surface area (Å²) in [6.07, 6.45) is 0.